The Morgan fingerprint density at radius 3 is 2.41 bits per heavy atom. The van der Waals surface area contributed by atoms with Crippen molar-refractivity contribution >= 4 is 39.2 Å². The van der Waals surface area contributed by atoms with Crippen LogP contribution in [-0.4, -0.2) is 91.6 Å². The van der Waals surface area contributed by atoms with E-state index >= 15 is 0 Å². The minimum atomic E-state index is -5.20. The fourth-order valence-corrected chi connectivity index (χ4v) is 6.34. The number of hydrogen-bond donors (Lipinski definition) is 2. The van der Waals surface area contributed by atoms with Crippen LogP contribution < -0.4 is 15.4 Å². The van der Waals surface area contributed by atoms with Crippen LogP contribution in [0.2, 0.25) is 0 Å². The number of carbonyl (C=O) groups is 4. The van der Waals surface area contributed by atoms with E-state index in [0.29, 0.717) is 12.8 Å². The van der Waals surface area contributed by atoms with Gasteiger partial charge in [-0.1, -0.05) is 25.7 Å². The van der Waals surface area contributed by atoms with E-state index in [4.69, 9.17) is 4.74 Å². The van der Waals surface area contributed by atoms with Crippen molar-refractivity contribution in [2.24, 2.45) is 11.8 Å². The molecule has 2 aliphatic carbocycles. The summed E-state index contributed by atoms with van der Waals surface area (Å²) < 4.78 is 69.4. The molecular formula is C28H32F3N5O7S. The highest BCUT2D eigenvalue weighted by Gasteiger charge is 2.57. The third-order valence-electron chi connectivity index (χ3n) is 8.59. The van der Waals surface area contributed by atoms with Crippen molar-refractivity contribution in [1.82, 2.24) is 15.1 Å². The van der Waals surface area contributed by atoms with E-state index < -0.39 is 69.9 Å². The number of alkyl halides is 3. The van der Waals surface area contributed by atoms with Gasteiger partial charge in [0.05, 0.1) is 23.2 Å². The van der Waals surface area contributed by atoms with E-state index in [0.717, 1.165) is 28.9 Å². The third-order valence-corrected chi connectivity index (χ3v) is 9.70. The van der Waals surface area contributed by atoms with Crippen LogP contribution in [0.5, 0.6) is 5.75 Å². The molecule has 2 saturated carbocycles. The number of benzene rings is 1. The molecule has 0 aromatic heterocycles. The Balaban J connectivity index is 1.40. The summed E-state index contributed by atoms with van der Waals surface area (Å²) in [4.78, 5) is 54.8. The van der Waals surface area contributed by atoms with E-state index in [1.54, 1.807) is 5.32 Å². The molecule has 3 fully saturated rings. The number of sulfone groups is 1. The molecule has 1 aromatic carbocycles. The second kappa shape index (κ2) is 11.2. The molecule has 1 aromatic rings. The van der Waals surface area contributed by atoms with Gasteiger partial charge in [-0.15, -0.1) is 0 Å². The first kappa shape index (κ1) is 31.6. The fraction of sp³-hybridized carbons (Fsp3) is 0.607. The van der Waals surface area contributed by atoms with E-state index in [1.807, 2.05) is 6.07 Å². The minimum Gasteiger partial charge on any atom is -0.473 e. The zero-order chi connectivity index (χ0) is 32.2. The summed E-state index contributed by atoms with van der Waals surface area (Å²) in [5.41, 5.74) is -1.52. The molecule has 0 bridgehead atoms. The number of rotatable bonds is 9. The Morgan fingerprint density at radius 2 is 1.84 bits per heavy atom. The number of nitriles is 1. The highest BCUT2D eigenvalue weighted by atomic mass is 32.2. The summed E-state index contributed by atoms with van der Waals surface area (Å²) in [6.45, 7) is -0.391. The molecule has 238 valence electrons. The van der Waals surface area contributed by atoms with Gasteiger partial charge in [0, 0.05) is 25.8 Å². The predicted octanol–water partition coefficient (Wildman–Crippen LogP) is 1.76. The summed E-state index contributed by atoms with van der Waals surface area (Å²) >= 11 is 0. The number of nitrogens with zero attached hydrogens (tertiary/aromatic N) is 3. The highest BCUT2D eigenvalue weighted by molar-refractivity contribution is 7.90. The number of halogens is 3. The van der Waals surface area contributed by atoms with Gasteiger partial charge in [-0.05, 0) is 36.8 Å². The molecule has 0 radical (unpaired) electrons. The topological polar surface area (TPSA) is 166 Å². The zero-order valence-corrected chi connectivity index (χ0v) is 24.8. The molecular weight excluding hydrogens is 607 g/mol. The van der Waals surface area contributed by atoms with Crippen LogP contribution in [0.1, 0.15) is 44.9 Å². The van der Waals surface area contributed by atoms with Crippen LogP contribution >= 0.6 is 0 Å². The summed E-state index contributed by atoms with van der Waals surface area (Å²) in [7, 11) is -2.34. The summed E-state index contributed by atoms with van der Waals surface area (Å²) in [6.07, 6.45) is -1.30. The molecule has 4 amide bonds. The second-order valence-electron chi connectivity index (χ2n) is 12.1. The number of amides is 4. The smallest absolute Gasteiger partial charge is 0.471 e. The van der Waals surface area contributed by atoms with E-state index in [9.17, 15) is 46.0 Å². The van der Waals surface area contributed by atoms with E-state index in [1.165, 1.54) is 25.2 Å². The number of fused-ring (bicyclic) bond motifs is 1. The van der Waals surface area contributed by atoms with E-state index in [-0.39, 0.29) is 47.4 Å². The van der Waals surface area contributed by atoms with Gasteiger partial charge < -0.3 is 25.2 Å². The number of likely N-dealkylation sites (N-methyl/N-ethyl adjacent to an activating group) is 1. The average Bonchev–Trinajstić information content (AvgIpc) is 3.89. The van der Waals surface area contributed by atoms with Crippen LogP contribution in [0, 0.1) is 23.2 Å². The number of carbonyl (C=O) groups excluding carboxylic acids is 4. The van der Waals surface area contributed by atoms with Gasteiger partial charge in [0.15, 0.2) is 9.84 Å². The largest absolute Gasteiger partial charge is 0.473 e. The molecule has 2 heterocycles. The summed E-state index contributed by atoms with van der Waals surface area (Å²) in [5, 5.41) is 14.4. The van der Waals surface area contributed by atoms with Crippen molar-refractivity contribution in [2.45, 2.75) is 79.7 Å². The maximum absolute atomic E-state index is 14.1. The van der Waals surface area contributed by atoms with Gasteiger partial charge in [-0.25, -0.2) is 8.42 Å². The molecule has 2 N–H and O–H groups in total. The van der Waals surface area contributed by atoms with Gasteiger partial charge >= 0.3 is 12.1 Å². The molecule has 12 nitrogen and oxygen atoms in total. The Labute approximate surface area is 251 Å². The molecule has 4 aliphatic rings. The average molecular weight is 640 g/mol. The van der Waals surface area contributed by atoms with Crippen molar-refractivity contribution in [2.75, 3.05) is 25.2 Å². The maximum atomic E-state index is 14.1. The molecule has 5 rings (SSSR count). The van der Waals surface area contributed by atoms with Crippen LogP contribution in [0.4, 0.5) is 18.9 Å². The van der Waals surface area contributed by atoms with Gasteiger partial charge in [-0.2, -0.15) is 18.4 Å². The molecule has 4 atom stereocenters. The lowest BCUT2D eigenvalue weighted by Crippen LogP contribution is -2.58. The van der Waals surface area contributed by atoms with E-state index in [2.05, 4.69) is 5.32 Å². The predicted molar refractivity (Wildman–Crippen MR) is 146 cm³/mol. The van der Waals surface area contributed by atoms with Gasteiger partial charge in [0.25, 0.3) is 5.91 Å². The molecule has 2 aliphatic heterocycles. The lowest BCUT2D eigenvalue weighted by atomic mass is 9.97. The first-order valence-corrected chi connectivity index (χ1v) is 16.1. The van der Waals surface area contributed by atoms with Crippen LogP contribution in [0.15, 0.2) is 23.1 Å². The first-order chi connectivity index (χ1) is 20.5. The minimum absolute atomic E-state index is 0.00807. The Morgan fingerprint density at radius 1 is 1.20 bits per heavy atom. The lowest BCUT2D eigenvalue weighted by molar-refractivity contribution is -0.175. The highest BCUT2D eigenvalue weighted by Crippen LogP contribution is 2.42. The second-order valence-corrected chi connectivity index (χ2v) is 14.2. The van der Waals surface area contributed by atoms with Crippen LogP contribution in [0.3, 0.4) is 0 Å². The number of nitrogens with one attached hydrogen (secondary N) is 2. The molecule has 0 unspecified atom stereocenters. The first-order valence-electron chi connectivity index (χ1n) is 14.2. The summed E-state index contributed by atoms with van der Waals surface area (Å²) in [5.74, 6) is -4.35. The number of anilines is 1. The monoisotopic (exact) mass is 639 g/mol. The number of ether oxygens (including phenoxy) is 1. The van der Waals surface area contributed by atoms with Crippen molar-refractivity contribution in [3.63, 3.8) is 0 Å². The summed E-state index contributed by atoms with van der Waals surface area (Å²) in [6, 6.07) is 2.09. The molecule has 44 heavy (non-hydrogen) atoms. The van der Waals surface area contributed by atoms with Crippen LogP contribution in [-0.2, 0) is 29.0 Å². The normalized spacial score (nSPS) is 24.4. The van der Waals surface area contributed by atoms with Crippen molar-refractivity contribution in [1.29, 1.82) is 5.26 Å². The maximum Gasteiger partial charge on any atom is 0.471 e. The van der Waals surface area contributed by atoms with Gasteiger partial charge in [0.2, 0.25) is 17.4 Å². The van der Waals surface area contributed by atoms with Crippen molar-refractivity contribution in [3.8, 4) is 11.8 Å². The molecule has 1 saturated heterocycles. The third kappa shape index (κ3) is 6.47. The van der Waals surface area contributed by atoms with Crippen molar-refractivity contribution < 1.29 is 45.5 Å². The molecule has 16 heteroatoms. The van der Waals surface area contributed by atoms with Crippen molar-refractivity contribution in [3.05, 3.63) is 18.2 Å². The number of likely N-dealkylation sites (tertiary alicyclic amines) is 1. The Bertz CT molecular complexity index is 1540. The van der Waals surface area contributed by atoms with Gasteiger partial charge in [0.1, 0.15) is 23.9 Å². The number of hydrogen-bond acceptors (Lipinski definition) is 8. The van der Waals surface area contributed by atoms with Gasteiger partial charge in [-0.3, -0.25) is 19.2 Å². The van der Waals surface area contributed by atoms with Crippen LogP contribution in [0.25, 0.3) is 0 Å². The Hall–Kier alpha value is -3.87. The fourth-order valence-electron chi connectivity index (χ4n) is 5.70. The Kier molecular flexibility index (Phi) is 8.06. The lowest BCUT2D eigenvalue weighted by Gasteiger charge is -2.36. The molecule has 1 spiro atoms. The SMILES string of the molecule is CN(C(=O)[C@H](CC1CC1)NC(=O)C(F)(F)F)[C@@H](CC1CC1)C(=O)N1C[C@@]2(C[C@H]1C#N)Oc1cc(S(C)(=O)=O)ccc1NC2=O. The standard InChI is InChI=1S/C28H32F3N5O7S/c1-35(23(37)20(9-15-3-4-15)34-26(40)28(29,30)31)21(10-16-5-6-16)24(38)36-14-27(12-17(36)13-32)25(39)33-19-8-7-18(44(2,41)42)11-22(19)43-27/h7-8,11,15-17,20-21H,3-6,9-10,12,14H2,1-2H3,(H,33,39)(H,34,40)/t17-,20-,21-,27+/m0/s1. The quantitative estimate of drug-likeness (QED) is 0.413. The zero-order valence-electron chi connectivity index (χ0n) is 24.0.